The van der Waals surface area contributed by atoms with Crippen LogP contribution >= 0.6 is 11.3 Å². The Balaban J connectivity index is 1.63. The van der Waals surface area contributed by atoms with E-state index in [1.54, 1.807) is 11.3 Å². The fourth-order valence-electron chi connectivity index (χ4n) is 2.33. The standard InChI is InChI=1S/C14H12N4S/c1-2-5-10-9(4-1)15-14(16-10)12-8-11(17-18-12)13-6-3-7-19-13/h1-7,11,17H,8H2,(H,15,16)/t11-/m0/s1. The van der Waals surface area contributed by atoms with Gasteiger partial charge in [0.15, 0.2) is 5.82 Å². The van der Waals surface area contributed by atoms with E-state index in [0.29, 0.717) is 0 Å². The van der Waals surface area contributed by atoms with Crippen LogP contribution in [0.3, 0.4) is 0 Å². The number of aromatic nitrogens is 2. The number of nitrogens with one attached hydrogen (secondary N) is 2. The van der Waals surface area contributed by atoms with E-state index in [4.69, 9.17) is 0 Å². The van der Waals surface area contributed by atoms with Gasteiger partial charge in [0.2, 0.25) is 0 Å². The van der Waals surface area contributed by atoms with Crippen LogP contribution in [0.15, 0.2) is 46.9 Å². The molecule has 0 fully saturated rings. The summed E-state index contributed by atoms with van der Waals surface area (Å²) in [5.41, 5.74) is 6.23. The molecule has 0 aliphatic carbocycles. The minimum Gasteiger partial charge on any atom is -0.337 e. The quantitative estimate of drug-likeness (QED) is 0.750. The summed E-state index contributed by atoms with van der Waals surface area (Å²) in [4.78, 5) is 9.23. The maximum Gasteiger partial charge on any atom is 0.154 e. The molecule has 1 aromatic carbocycles. The second-order valence-corrected chi connectivity index (χ2v) is 5.54. The molecule has 1 aliphatic rings. The minimum absolute atomic E-state index is 0.281. The maximum absolute atomic E-state index is 4.59. The van der Waals surface area contributed by atoms with E-state index in [1.165, 1.54) is 4.88 Å². The third kappa shape index (κ3) is 1.82. The van der Waals surface area contributed by atoms with Crippen LogP contribution in [0.4, 0.5) is 0 Å². The lowest BCUT2D eigenvalue weighted by molar-refractivity contribution is 0.630. The van der Waals surface area contributed by atoms with Crippen molar-refractivity contribution in [2.24, 2.45) is 5.10 Å². The summed E-state index contributed by atoms with van der Waals surface area (Å²) < 4.78 is 0. The van der Waals surface area contributed by atoms with Gasteiger partial charge in [-0.2, -0.15) is 5.10 Å². The van der Waals surface area contributed by atoms with Crippen molar-refractivity contribution in [2.45, 2.75) is 12.5 Å². The number of hydrazone groups is 1. The molecule has 3 aromatic rings. The Morgan fingerprint density at radius 2 is 2.11 bits per heavy atom. The molecule has 1 atom stereocenters. The molecule has 5 heteroatoms. The average molecular weight is 268 g/mol. The van der Waals surface area contributed by atoms with Gasteiger partial charge in [0, 0.05) is 11.3 Å². The van der Waals surface area contributed by atoms with Gasteiger partial charge in [0.25, 0.3) is 0 Å². The van der Waals surface area contributed by atoms with Crippen molar-refractivity contribution in [1.82, 2.24) is 15.4 Å². The SMILES string of the molecule is c1csc([C@@H]2CC(c3nc4ccccc4[nH]3)=NN2)c1. The van der Waals surface area contributed by atoms with Crippen LogP contribution in [0.5, 0.6) is 0 Å². The van der Waals surface area contributed by atoms with Gasteiger partial charge in [-0.05, 0) is 23.6 Å². The predicted octanol–water partition coefficient (Wildman–Crippen LogP) is 3.06. The maximum atomic E-state index is 4.59. The Bertz CT molecular complexity index is 709. The number of nitrogens with zero attached hydrogens (tertiary/aromatic N) is 2. The highest BCUT2D eigenvalue weighted by Gasteiger charge is 2.23. The normalized spacial score (nSPS) is 18.5. The molecule has 4 nitrogen and oxygen atoms in total. The van der Waals surface area contributed by atoms with E-state index in [1.807, 2.05) is 24.3 Å². The lowest BCUT2D eigenvalue weighted by Crippen LogP contribution is -2.08. The van der Waals surface area contributed by atoms with Crippen molar-refractivity contribution >= 4 is 28.1 Å². The molecule has 19 heavy (non-hydrogen) atoms. The first-order chi connectivity index (χ1) is 9.40. The van der Waals surface area contributed by atoms with E-state index >= 15 is 0 Å². The number of hydrogen-bond acceptors (Lipinski definition) is 4. The number of thiophene rings is 1. The van der Waals surface area contributed by atoms with E-state index in [2.05, 4.69) is 38.0 Å². The van der Waals surface area contributed by atoms with E-state index in [0.717, 1.165) is 29.0 Å². The Kier molecular flexibility index (Phi) is 2.38. The predicted molar refractivity (Wildman–Crippen MR) is 77.4 cm³/mol. The molecule has 3 heterocycles. The van der Waals surface area contributed by atoms with Crippen molar-refractivity contribution in [3.8, 4) is 0 Å². The Labute approximate surface area is 114 Å². The zero-order valence-electron chi connectivity index (χ0n) is 10.1. The fourth-order valence-corrected chi connectivity index (χ4v) is 3.11. The molecule has 0 saturated heterocycles. The number of hydrogen-bond donors (Lipinski definition) is 2. The molecule has 2 N–H and O–H groups in total. The highest BCUT2D eigenvalue weighted by atomic mass is 32.1. The molecule has 0 bridgehead atoms. The molecule has 0 unspecified atom stereocenters. The smallest absolute Gasteiger partial charge is 0.154 e. The number of para-hydroxylation sites is 2. The second-order valence-electron chi connectivity index (χ2n) is 4.56. The first-order valence-electron chi connectivity index (χ1n) is 6.21. The largest absolute Gasteiger partial charge is 0.337 e. The number of benzene rings is 1. The van der Waals surface area contributed by atoms with Crippen LogP contribution in [-0.4, -0.2) is 15.7 Å². The minimum atomic E-state index is 0.281. The number of H-pyrrole nitrogens is 1. The second kappa shape index (κ2) is 4.20. The fraction of sp³-hybridized carbons (Fsp3) is 0.143. The van der Waals surface area contributed by atoms with Gasteiger partial charge in [0.05, 0.1) is 17.1 Å². The third-order valence-electron chi connectivity index (χ3n) is 3.30. The summed E-state index contributed by atoms with van der Waals surface area (Å²) in [5, 5.41) is 6.51. The molecule has 0 radical (unpaired) electrons. The van der Waals surface area contributed by atoms with Crippen molar-refractivity contribution < 1.29 is 0 Å². The summed E-state index contributed by atoms with van der Waals surface area (Å²) in [7, 11) is 0. The topological polar surface area (TPSA) is 53.1 Å². The molecule has 4 rings (SSSR count). The summed E-state index contributed by atoms with van der Waals surface area (Å²) in [6.07, 6.45) is 0.875. The van der Waals surface area contributed by atoms with Gasteiger partial charge in [-0.15, -0.1) is 11.3 Å². The molecule has 0 amide bonds. The van der Waals surface area contributed by atoms with Gasteiger partial charge < -0.3 is 10.4 Å². The molecule has 94 valence electrons. The summed E-state index contributed by atoms with van der Waals surface area (Å²) in [5.74, 6) is 0.868. The number of rotatable bonds is 2. The molecule has 0 spiro atoms. The van der Waals surface area contributed by atoms with Crippen LogP contribution in [0.25, 0.3) is 11.0 Å². The summed E-state index contributed by atoms with van der Waals surface area (Å²) in [6.45, 7) is 0. The van der Waals surface area contributed by atoms with Crippen molar-refractivity contribution in [1.29, 1.82) is 0 Å². The molecule has 0 saturated carbocycles. The highest BCUT2D eigenvalue weighted by Crippen LogP contribution is 2.27. The molecule has 1 aliphatic heterocycles. The van der Waals surface area contributed by atoms with Gasteiger partial charge in [-0.1, -0.05) is 18.2 Å². The van der Waals surface area contributed by atoms with E-state index in [-0.39, 0.29) is 6.04 Å². The van der Waals surface area contributed by atoms with Gasteiger partial charge in [0.1, 0.15) is 5.71 Å². The molecular formula is C14H12N4S. The van der Waals surface area contributed by atoms with Crippen LogP contribution in [0, 0.1) is 0 Å². The highest BCUT2D eigenvalue weighted by molar-refractivity contribution is 7.10. The van der Waals surface area contributed by atoms with Gasteiger partial charge in [-0.3, -0.25) is 0 Å². The van der Waals surface area contributed by atoms with Crippen LogP contribution in [-0.2, 0) is 0 Å². The first-order valence-corrected chi connectivity index (χ1v) is 7.09. The van der Waals surface area contributed by atoms with Crippen LogP contribution < -0.4 is 5.43 Å². The summed E-state index contributed by atoms with van der Waals surface area (Å²) >= 11 is 1.76. The van der Waals surface area contributed by atoms with Crippen LogP contribution in [0.1, 0.15) is 23.2 Å². The van der Waals surface area contributed by atoms with Crippen molar-refractivity contribution in [3.05, 3.63) is 52.5 Å². The van der Waals surface area contributed by atoms with E-state index < -0.39 is 0 Å². The molecule has 2 aromatic heterocycles. The van der Waals surface area contributed by atoms with Crippen molar-refractivity contribution in [2.75, 3.05) is 0 Å². The van der Waals surface area contributed by atoms with Gasteiger partial charge in [-0.25, -0.2) is 4.98 Å². The monoisotopic (exact) mass is 268 g/mol. The molecular weight excluding hydrogens is 256 g/mol. The number of aromatic amines is 1. The average Bonchev–Trinajstić information content (AvgIpc) is 3.17. The number of fused-ring (bicyclic) bond motifs is 1. The number of imidazole rings is 1. The Hall–Kier alpha value is -2.14. The Morgan fingerprint density at radius 1 is 1.16 bits per heavy atom. The summed E-state index contributed by atoms with van der Waals surface area (Å²) in [6, 6.07) is 12.5. The van der Waals surface area contributed by atoms with Crippen LogP contribution in [0.2, 0.25) is 0 Å². The lowest BCUT2D eigenvalue weighted by Gasteiger charge is -2.05. The van der Waals surface area contributed by atoms with Gasteiger partial charge >= 0.3 is 0 Å². The van der Waals surface area contributed by atoms with Crippen molar-refractivity contribution in [3.63, 3.8) is 0 Å². The first kappa shape index (κ1) is 10.8. The zero-order valence-corrected chi connectivity index (χ0v) is 10.9. The third-order valence-corrected chi connectivity index (χ3v) is 4.29. The van der Waals surface area contributed by atoms with E-state index in [9.17, 15) is 0 Å². The Morgan fingerprint density at radius 3 is 2.95 bits per heavy atom. The zero-order chi connectivity index (χ0) is 12.7. The lowest BCUT2D eigenvalue weighted by atomic mass is 10.1.